The van der Waals surface area contributed by atoms with E-state index in [9.17, 15) is 4.79 Å². The van der Waals surface area contributed by atoms with Gasteiger partial charge >= 0.3 is 5.97 Å². The monoisotopic (exact) mass is 348 g/mol. The van der Waals surface area contributed by atoms with Crippen molar-refractivity contribution < 1.29 is 14.6 Å². The normalized spacial score (nSPS) is 21.5. The molecule has 0 spiro atoms. The quantitative estimate of drug-likeness (QED) is 0.392. The molecule has 0 unspecified atom stereocenters. The van der Waals surface area contributed by atoms with Gasteiger partial charge in [-0.3, -0.25) is 4.89 Å². The highest BCUT2D eigenvalue weighted by atomic mass is 28.3. The Morgan fingerprint density at radius 1 is 1.08 bits per heavy atom. The van der Waals surface area contributed by atoms with Crippen LogP contribution in [-0.2, 0) is 9.78 Å². The Labute approximate surface area is 147 Å². The first-order chi connectivity index (χ1) is 11.4. The first kappa shape index (κ1) is 19.2. The van der Waals surface area contributed by atoms with Gasteiger partial charge in [0.2, 0.25) is 0 Å². The van der Waals surface area contributed by atoms with Gasteiger partial charge in [-0.1, -0.05) is 63.1 Å². The zero-order valence-electron chi connectivity index (χ0n) is 15.6. The summed E-state index contributed by atoms with van der Waals surface area (Å²) in [6, 6.07) is 7.78. The summed E-state index contributed by atoms with van der Waals surface area (Å²) in [5.74, 6) is 0.444. The summed E-state index contributed by atoms with van der Waals surface area (Å²) in [5.41, 5.74) is 0.564. The van der Waals surface area contributed by atoms with Crippen molar-refractivity contribution in [2.24, 2.45) is 5.92 Å². The van der Waals surface area contributed by atoms with Crippen LogP contribution in [-0.4, -0.2) is 20.1 Å². The van der Waals surface area contributed by atoms with Crippen LogP contribution >= 0.6 is 0 Å². The van der Waals surface area contributed by atoms with Crippen LogP contribution in [0.2, 0.25) is 19.6 Å². The topological polar surface area (TPSA) is 35.5 Å². The highest BCUT2D eigenvalue weighted by molar-refractivity contribution is 6.88. The summed E-state index contributed by atoms with van der Waals surface area (Å²) >= 11 is 0. The zero-order chi connectivity index (χ0) is 17.6. The molecule has 2 rings (SSSR count). The van der Waals surface area contributed by atoms with Crippen molar-refractivity contribution in [2.75, 3.05) is 0 Å². The van der Waals surface area contributed by atoms with Crippen LogP contribution in [0, 0.1) is 5.92 Å². The fraction of sp³-hybridized carbons (Fsp3) is 0.650. The molecule has 134 valence electrons. The fourth-order valence-corrected chi connectivity index (χ4v) is 4.44. The van der Waals surface area contributed by atoms with Gasteiger partial charge in [0.05, 0.1) is 13.6 Å². The average Bonchev–Trinajstić information content (AvgIpc) is 2.58. The first-order valence-corrected chi connectivity index (χ1v) is 12.9. The maximum Gasteiger partial charge on any atom is 0.373 e. The van der Waals surface area contributed by atoms with Crippen LogP contribution < -0.4 is 5.19 Å². The Morgan fingerprint density at radius 3 is 2.25 bits per heavy atom. The lowest BCUT2D eigenvalue weighted by atomic mass is 9.84. The van der Waals surface area contributed by atoms with E-state index in [1.807, 2.05) is 24.3 Å². The summed E-state index contributed by atoms with van der Waals surface area (Å²) in [4.78, 5) is 22.6. The van der Waals surface area contributed by atoms with E-state index >= 15 is 0 Å². The van der Waals surface area contributed by atoms with Crippen molar-refractivity contribution in [1.82, 2.24) is 0 Å². The number of carbonyl (C=O) groups is 1. The van der Waals surface area contributed by atoms with Crippen molar-refractivity contribution in [3.05, 3.63) is 29.8 Å². The van der Waals surface area contributed by atoms with Gasteiger partial charge in [0.25, 0.3) is 0 Å². The summed E-state index contributed by atoms with van der Waals surface area (Å²) in [5, 5.41) is 1.34. The van der Waals surface area contributed by atoms with Crippen LogP contribution in [0.3, 0.4) is 0 Å². The molecule has 1 saturated carbocycles. The third-order valence-electron chi connectivity index (χ3n) is 5.01. The maximum atomic E-state index is 12.1. The van der Waals surface area contributed by atoms with Crippen molar-refractivity contribution in [3.63, 3.8) is 0 Å². The molecule has 1 aliphatic rings. The lowest BCUT2D eigenvalue weighted by molar-refractivity contribution is -0.280. The number of hydrogen-bond acceptors (Lipinski definition) is 3. The summed E-state index contributed by atoms with van der Waals surface area (Å²) in [6.07, 6.45) is 8.34. The molecule has 3 nitrogen and oxygen atoms in total. The van der Waals surface area contributed by atoms with E-state index in [-0.39, 0.29) is 12.1 Å². The van der Waals surface area contributed by atoms with Gasteiger partial charge < -0.3 is 0 Å². The van der Waals surface area contributed by atoms with Crippen molar-refractivity contribution in [1.29, 1.82) is 0 Å². The predicted octanol–water partition coefficient (Wildman–Crippen LogP) is 5.07. The van der Waals surface area contributed by atoms with Gasteiger partial charge in [-0.15, -0.1) is 0 Å². The summed E-state index contributed by atoms with van der Waals surface area (Å²) in [6.45, 7) is 9.12. The van der Waals surface area contributed by atoms with Crippen LogP contribution in [0.25, 0.3) is 0 Å². The second-order valence-corrected chi connectivity index (χ2v) is 13.2. The minimum atomic E-state index is -1.34. The van der Waals surface area contributed by atoms with Crippen LogP contribution in [0.4, 0.5) is 0 Å². The Balaban J connectivity index is 1.76. The molecule has 0 saturated heterocycles. The fourth-order valence-electron chi connectivity index (χ4n) is 3.28. The van der Waals surface area contributed by atoms with Crippen molar-refractivity contribution in [2.45, 2.75) is 77.6 Å². The van der Waals surface area contributed by atoms with Gasteiger partial charge in [0, 0.05) is 0 Å². The van der Waals surface area contributed by atoms with Gasteiger partial charge in [-0.05, 0) is 43.7 Å². The second-order valence-electron chi connectivity index (χ2n) is 8.08. The van der Waals surface area contributed by atoms with E-state index in [1.54, 1.807) is 0 Å². The van der Waals surface area contributed by atoms with Gasteiger partial charge in [0.1, 0.15) is 6.10 Å². The molecule has 4 heteroatoms. The van der Waals surface area contributed by atoms with Crippen molar-refractivity contribution >= 4 is 19.2 Å². The molecule has 0 radical (unpaired) electrons. The number of rotatable bonds is 7. The van der Waals surface area contributed by atoms with E-state index in [2.05, 4.69) is 26.6 Å². The van der Waals surface area contributed by atoms with Crippen LogP contribution in [0.15, 0.2) is 24.3 Å². The lowest BCUT2D eigenvalue weighted by Gasteiger charge is -2.27. The smallest absolute Gasteiger partial charge is 0.293 e. The molecule has 0 heterocycles. The minimum Gasteiger partial charge on any atom is -0.293 e. The highest BCUT2D eigenvalue weighted by Crippen LogP contribution is 2.29. The van der Waals surface area contributed by atoms with Gasteiger partial charge in [-0.2, -0.15) is 4.89 Å². The van der Waals surface area contributed by atoms with Crippen molar-refractivity contribution in [3.8, 4) is 0 Å². The largest absolute Gasteiger partial charge is 0.373 e. The third-order valence-corrected chi connectivity index (χ3v) is 7.07. The molecule has 0 aromatic heterocycles. The Hall–Kier alpha value is -1.13. The Bertz CT molecular complexity index is 511. The standard InChI is InChI=1S/C20H32O3Si/c1-5-6-7-16-8-12-18(13-9-16)22-23-20(21)17-10-14-19(15-11-17)24(2,3)4/h10-11,14-16,18H,5-9,12-13H2,1-4H3. The molecule has 1 aromatic carbocycles. The molecular weight excluding hydrogens is 316 g/mol. The van der Waals surface area contributed by atoms with Crippen LogP contribution in [0.1, 0.15) is 62.2 Å². The first-order valence-electron chi connectivity index (χ1n) is 9.38. The second kappa shape index (κ2) is 8.81. The molecule has 0 atom stereocenters. The average molecular weight is 349 g/mol. The van der Waals surface area contributed by atoms with E-state index in [4.69, 9.17) is 9.78 Å². The molecule has 0 aliphatic heterocycles. The number of hydrogen-bond donors (Lipinski definition) is 0. The van der Waals surface area contributed by atoms with E-state index in [1.165, 1.54) is 37.3 Å². The number of benzene rings is 1. The van der Waals surface area contributed by atoms with E-state index in [0.29, 0.717) is 5.56 Å². The summed E-state index contributed by atoms with van der Waals surface area (Å²) < 4.78 is 0. The molecule has 0 bridgehead atoms. The third kappa shape index (κ3) is 5.74. The number of unbranched alkanes of at least 4 members (excludes halogenated alkanes) is 1. The van der Waals surface area contributed by atoms with E-state index in [0.717, 1.165) is 18.8 Å². The Kier molecular flexibility index (Phi) is 7.05. The number of carbonyl (C=O) groups excluding carboxylic acids is 1. The highest BCUT2D eigenvalue weighted by Gasteiger charge is 2.23. The molecule has 0 amide bonds. The lowest BCUT2D eigenvalue weighted by Crippen LogP contribution is -2.37. The molecule has 1 aliphatic carbocycles. The Morgan fingerprint density at radius 2 is 1.71 bits per heavy atom. The van der Waals surface area contributed by atoms with Gasteiger partial charge in [-0.25, -0.2) is 4.79 Å². The maximum absolute atomic E-state index is 12.1. The predicted molar refractivity (Wildman–Crippen MR) is 101 cm³/mol. The molecule has 1 aromatic rings. The molecule has 0 N–H and O–H groups in total. The van der Waals surface area contributed by atoms with Gasteiger partial charge in [0.15, 0.2) is 0 Å². The van der Waals surface area contributed by atoms with E-state index < -0.39 is 8.07 Å². The zero-order valence-corrected chi connectivity index (χ0v) is 16.6. The van der Waals surface area contributed by atoms with Crippen LogP contribution in [0.5, 0.6) is 0 Å². The molecule has 1 fully saturated rings. The summed E-state index contributed by atoms with van der Waals surface area (Å²) in [7, 11) is -1.34. The molecular formula is C20H32O3Si. The SMILES string of the molecule is CCCCC1CCC(OOC(=O)c2ccc([Si](C)(C)C)cc2)CC1. The molecule has 24 heavy (non-hydrogen) atoms. The minimum absolute atomic E-state index is 0.0630.